The molecule has 18 heavy (non-hydrogen) atoms. The number of aromatic hydroxyl groups is 2. The molecule has 3 N–H and O–H groups in total. The highest BCUT2D eigenvalue weighted by molar-refractivity contribution is 5.43. The summed E-state index contributed by atoms with van der Waals surface area (Å²) in [6.45, 7) is 0.00102. The highest BCUT2D eigenvalue weighted by Gasteiger charge is 2.10. The Balaban J connectivity index is 2.01. The zero-order valence-corrected chi connectivity index (χ0v) is 9.65. The molecule has 0 bridgehead atoms. The summed E-state index contributed by atoms with van der Waals surface area (Å²) in [4.78, 5) is 0. The summed E-state index contributed by atoms with van der Waals surface area (Å²) >= 11 is 0. The fraction of sp³-hybridized carbons (Fsp3) is 0.143. The normalized spacial score (nSPS) is 12.1. The third kappa shape index (κ3) is 2.93. The molecule has 2 aromatic rings. The Hall–Kier alpha value is -2.20. The van der Waals surface area contributed by atoms with E-state index in [1.165, 1.54) is 18.2 Å². The molecule has 4 nitrogen and oxygen atoms in total. The van der Waals surface area contributed by atoms with E-state index in [0.717, 1.165) is 5.56 Å². The second kappa shape index (κ2) is 5.42. The summed E-state index contributed by atoms with van der Waals surface area (Å²) in [6.07, 6.45) is -0.784. The maximum atomic E-state index is 9.87. The van der Waals surface area contributed by atoms with Gasteiger partial charge < -0.3 is 20.1 Å². The molecule has 0 saturated heterocycles. The number of rotatable bonds is 4. The Bertz CT molecular complexity index is 510. The van der Waals surface area contributed by atoms with Crippen LogP contribution in [-0.4, -0.2) is 21.9 Å². The van der Waals surface area contributed by atoms with Gasteiger partial charge >= 0.3 is 0 Å². The van der Waals surface area contributed by atoms with Gasteiger partial charge in [0.25, 0.3) is 0 Å². The molecule has 0 spiro atoms. The highest BCUT2D eigenvalue weighted by Crippen LogP contribution is 2.30. The number of aliphatic hydroxyl groups is 1. The molecule has 1 atom stereocenters. The molecular weight excluding hydrogens is 232 g/mol. The van der Waals surface area contributed by atoms with Crippen molar-refractivity contribution in [3.8, 4) is 17.2 Å². The lowest BCUT2D eigenvalue weighted by atomic mass is 10.1. The quantitative estimate of drug-likeness (QED) is 0.723. The Morgan fingerprint density at radius 2 is 1.72 bits per heavy atom. The van der Waals surface area contributed by atoms with E-state index in [4.69, 9.17) is 4.74 Å². The average Bonchev–Trinajstić information content (AvgIpc) is 2.40. The van der Waals surface area contributed by atoms with Gasteiger partial charge in [0.05, 0.1) is 0 Å². The van der Waals surface area contributed by atoms with E-state index in [1.54, 1.807) is 12.1 Å². The van der Waals surface area contributed by atoms with Gasteiger partial charge in [0.15, 0.2) is 11.5 Å². The van der Waals surface area contributed by atoms with Gasteiger partial charge in [-0.3, -0.25) is 0 Å². The van der Waals surface area contributed by atoms with Crippen LogP contribution in [0.15, 0.2) is 48.5 Å². The van der Waals surface area contributed by atoms with Crippen molar-refractivity contribution in [2.45, 2.75) is 6.10 Å². The maximum absolute atomic E-state index is 9.87. The van der Waals surface area contributed by atoms with Crippen LogP contribution < -0.4 is 4.74 Å². The highest BCUT2D eigenvalue weighted by atomic mass is 16.5. The summed E-state index contributed by atoms with van der Waals surface area (Å²) in [5, 5.41) is 28.6. The Morgan fingerprint density at radius 1 is 1.00 bits per heavy atom. The summed E-state index contributed by atoms with van der Waals surface area (Å²) in [7, 11) is 0. The van der Waals surface area contributed by atoms with Crippen molar-refractivity contribution in [1.29, 1.82) is 0 Å². The van der Waals surface area contributed by atoms with Crippen molar-refractivity contribution in [3.63, 3.8) is 0 Å². The van der Waals surface area contributed by atoms with Crippen LogP contribution in [0.4, 0.5) is 0 Å². The van der Waals surface area contributed by atoms with Crippen LogP contribution in [0.5, 0.6) is 17.2 Å². The van der Waals surface area contributed by atoms with Crippen LogP contribution in [-0.2, 0) is 0 Å². The minimum atomic E-state index is -0.784. The van der Waals surface area contributed by atoms with E-state index >= 15 is 0 Å². The summed E-state index contributed by atoms with van der Waals surface area (Å²) in [5.74, 6) is 0.0649. The number of ether oxygens (including phenoxy) is 1. The lowest BCUT2D eigenvalue weighted by Crippen LogP contribution is -2.09. The molecule has 0 amide bonds. The fourth-order valence-corrected chi connectivity index (χ4v) is 1.56. The maximum Gasteiger partial charge on any atom is 0.164 e. The van der Waals surface area contributed by atoms with Gasteiger partial charge in [-0.25, -0.2) is 0 Å². The molecule has 2 rings (SSSR count). The first-order chi connectivity index (χ1) is 8.66. The van der Waals surface area contributed by atoms with Crippen LogP contribution in [0, 0.1) is 0 Å². The molecule has 0 aromatic heterocycles. The zero-order chi connectivity index (χ0) is 13.0. The molecule has 0 fully saturated rings. The molecule has 0 aliphatic rings. The molecular formula is C14H14O4. The third-order valence-electron chi connectivity index (χ3n) is 2.52. The number of hydrogen-bond acceptors (Lipinski definition) is 4. The predicted molar refractivity (Wildman–Crippen MR) is 66.7 cm³/mol. The van der Waals surface area contributed by atoms with Crippen LogP contribution in [0.2, 0.25) is 0 Å². The van der Waals surface area contributed by atoms with Crippen LogP contribution in [0.25, 0.3) is 0 Å². The van der Waals surface area contributed by atoms with E-state index in [2.05, 4.69) is 0 Å². The molecule has 0 heterocycles. The smallest absolute Gasteiger partial charge is 0.164 e. The molecule has 0 radical (unpaired) electrons. The molecule has 0 aliphatic carbocycles. The molecule has 1 unspecified atom stereocenters. The standard InChI is InChI=1S/C14H14O4/c15-11-6-7-12(16)14(8-11)18-9-13(17)10-4-2-1-3-5-10/h1-8,13,15-17H,9H2. The number of benzene rings is 2. The minimum Gasteiger partial charge on any atom is -0.508 e. The van der Waals surface area contributed by atoms with Gasteiger partial charge in [0.2, 0.25) is 0 Å². The second-order valence-corrected chi connectivity index (χ2v) is 3.89. The SMILES string of the molecule is Oc1ccc(O)c(OCC(O)c2ccccc2)c1. The van der Waals surface area contributed by atoms with E-state index in [-0.39, 0.29) is 23.9 Å². The van der Waals surface area contributed by atoms with Crippen molar-refractivity contribution in [2.24, 2.45) is 0 Å². The van der Waals surface area contributed by atoms with Crippen LogP contribution >= 0.6 is 0 Å². The van der Waals surface area contributed by atoms with Crippen molar-refractivity contribution in [3.05, 3.63) is 54.1 Å². The van der Waals surface area contributed by atoms with Gasteiger partial charge in [-0.1, -0.05) is 30.3 Å². The van der Waals surface area contributed by atoms with E-state index in [0.29, 0.717) is 0 Å². The number of aliphatic hydroxyl groups excluding tert-OH is 1. The molecule has 4 heteroatoms. The predicted octanol–water partition coefficient (Wildman–Crippen LogP) is 2.21. The van der Waals surface area contributed by atoms with Crippen LogP contribution in [0.1, 0.15) is 11.7 Å². The molecule has 0 saturated carbocycles. The summed E-state index contributed by atoms with van der Waals surface area (Å²) < 4.78 is 5.27. The van der Waals surface area contributed by atoms with Crippen LogP contribution in [0.3, 0.4) is 0 Å². The largest absolute Gasteiger partial charge is 0.508 e. The lowest BCUT2D eigenvalue weighted by Gasteiger charge is -2.13. The summed E-state index contributed by atoms with van der Waals surface area (Å²) in [6, 6.07) is 13.1. The van der Waals surface area contributed by atoms with Gasteiger partial charge in [-0.05, 0) is 17.7 Å². The number of phenolic OH excluding ortho intramolecular Hbond substituents is 2. The minimum absolute atomic E-state index is 0.00102. The van der Waals surface area contributed by atoms with E-state index in [1.807, 2.05) is 18.2 Å². The fourth-order valence-electron chi connectivity index (χ4n) is 1.56. The van der Waals surface area contributed by atoms with Crippen molar-refractivity contribution in [2.75, 3.05) is 6.61 Å². The van der Waals surface area contributed by atoms with Gasteiger partial charge in [-0.2, -0.15) is 0 Å². The molecule has 2 aromatic carbocycles. The number of phenols is 2. The van der Waals surface area contributed by atoms with E-state index in [9.17, 15) is 15.3 Å². The van der Waals surface area contributed by atoms with E-state index < -0.39 is 6.10 Å². The third-order valence-corrected chi connectivity index (χ3v) is 2.52. The summed E-state index contributed by atoms with van der Waals surface area (Å²) in [5.41, 5.74) is 0.733. The lowest BCUT2D eigenvalue weighted by molar-refractivity contribution is 0.106. The molecule has 0 aliphatic heterocycles. The Morgan fingerprint density at radius 3 is 2.44 bits per heavy atom. The Kier molecular flexibility index (Phi) is 3.69. The Labute approximate surface area is 105 Å². The first-order valence-corrected chi connectivity index (χ1v) is 5.54. The van der Waals surface area contributed by atoms with Crippen molar-refractivity contribution < 1.29 is 20.1 Å². The molecule has 94 valence electrons. The van der Waals surface area contributed by atoms with Gasteiger partial charge in [-0.15, -0.1) is 0 Å². The van der Waals surface area contributed by atoms with Gasteiger partial charge in [0, 0.05) is 6.07 Å². The van der Waals surface area contributed by atoms with Crippen molar-refractivity contribution >= 4 is 0 Å². The second-order valence-electron chi connectivity index (χ2n) is 3.89. The van der Waals surface area contributed by atoms with Crippen molar-refractivity contribution in [1.82, 2.24) is 0 Å². The zero-order valence-electron chi connectivity index (χ0n) is 9.65. The number of hydrogen-bond donors (Lipinski definition) is 3. The monoisotopic (exact) mass is 246 g/mol. The average molecular weight is 246 g/mol. The van der Waals surface area contributed by atoms with Gasteiger partial charge in [0.1, 0.15) is 18.5 Å². The topological polar surface area (TPSA) is 69.9 Å². The first kappa shape index (κ1) is 12.3. The first-order valence-electron chi connectivity index (χ1n) is 5.54.